The smallest absolute Gasteiger partial charge is 0.250 e. The first kappa shape index (κ1) is 24.8. The van der Waals surface area contributed by atoms with Crippen molar-refractivity contribution >= 4 is 20.7 Å². The van der Waals surface area contributed by atoms with E-state index < -0.39 is 9.84 Å². The number of aliphatic hydroxyl groups excluding tert-OH is 2. The van der Waals surface area contributed by atoms with E-state index in [1.165, 1.54) is 16.7 Å². The fourth-order valence-corrected chi connectivity index (χ4v) is 4.31. The Kier molecular flexibility index (Phi) is 7.91. The maximum atomic E-state index is 11.8. The van der Waals surface area contributed by atoms with Gasteiger partial charge in [0.25, 0.3) is 5.56 Å². The number of sulfone groups is 1. The maximum absolute atomic E-state index is 11.8. The van der Waals surface area contributed by atoms with Crippen LogP contribution in [-0.2, 0) is 29.6 Å². The molecule has 0 amide bonds. The van der Waals surface area contributed by atoms with Crippen molar-refractivity contribution in [3.8, 4) is 6.07 Å². The first-order valence-electron chi connectivity index (χ1n) is 10.2. The number of aromatic nitrogens is 2. The van der Waals surface area contributed by atoms with Crippen LogP contribution in [-0.4, -0.2) is 34.4 Å². The molecule has 0 saturated carbocycles. The highest BCUT2D eigenvalue weighted by Gasteiger charge is 2.14. The molecule has 0 spiro atoms. The molecule has 174 valence electrons. The number of fused-ring (bicyclic) bond motifs is 1. The van der Waals surface area contributed by atoms with E-state index in [1.807, 2.05) is 6.07 Å². The second-order valence-corrected chi connectivity index (χ2v) is 9.50. The predicted octanol–water partition coefficient (Wildman–Crippen LogP) is 2.39. The van der Waals surface area contributed by atoms with Crippen LogP contribution in [0, 0.1) is 11.3 Å². The molecule has 0 aliphatic carbocycles. The Hall–Kier alpha value is -3.84. The van der Waals surface area contributed by atoms with Gasteiger partial charge in [-0.3, -0.25) is 9.78 Å². The Morgan fingerprint density at radius 2 is 1.71 bits per heavy atom. The van der Waals surface area contributed by atoms with Crippen LogP contribution in [0.5, 0.6) is 0 Å². The number of hydrogen-bond donors (Lipinski definition) is 2. The van der Waals surface area contributed by atoms with E-state index in [0.29, 0.717) is 16.7 Å². The molecule has 0 fully saturated rings. The summed E-state index contributed by atoms with van der Waals surface area (Å²) in [6.45, 7) is -0.0719. The summed E-state index contributed by atoms with van der Waals surface area (Å²) in [5.74, 6) is 0. The number of aliphatic hydroxyl groups is 2. The molecule has 9 heteroatoms. The van der Waals surface area contributed by atoms with Crippen LogP contribution in [0.2, 0.25) is 0 Å². The van der Waals surface area contributed by atoms with Crippen molar-refractivity contribution in [1.82, 2.24) is 9.55 Å². The Morgan fingerprint density at radius 1 is 1.00 bits per heavy atom. The quantitative estimate of drug-likeness (QED) is 0.451. The zero-order valence-corrected chi connectivity index (χ0v) is 19.2. The molecule has 0 radical (unpaired) electrons. The van der Waals surface area contributed by atoms with Crippen LogP contribution in [0.4, 0.5) is 0 Å². The van der Waals surface area contributed by atoms with Crippen LogP contribution >= 0.6 is 0 Å². The molecule has 4 aromatic rings. The highest BCUT2D eigenvalue weighted by Crippen LogP contribution is 2.19. The average molecular weight is 478 g/mol. The molecule has 2 aromatic heterocycles. The number of hydrogen-bond acceptors (Lipinski definition) is 7. The molecule has 0 saturated heterocycles. The first-order valence-corrected chi connectivity index (χ1v) is 12.1. The van der Waals surface area contributed by atoms with Crippen molar-refractivity contribution in [2.75, 3.05) is 6.26 Å². The van der Waals surface area contributed by atoms with Gasteiger partial charge in [0.15, 0.2) is 9.84 Å². The SMILES string of the molecule is CS(=O)(=O)c1cc(CO)ccc1Cn1ccccc1=O.N#Cc1ccnc2ccc(CO)cc12. The van der Waals surface area contributed by atoms with E-state index in [9.17, 15) is 13.2 Å². The normalized spacial score (nSPS) is 10.9. The monoisotopic (exact) mass is 477 g/mol. The van der Waals surface area contributed by atoms with E-state index >= 15 is 0 Å². The lowest BCUT2D eigenvalue weighted by Gasteiger charge is -2.11. The molecule has 0 aliphatic rings. The lowest BCUT2D eigenvalue weighted by molar-refractivity contribution is 0.281. The second kappa shape index (κ2) is 10.9. The first-order chi connectivity index (χ1) is 16.3. The summed E-state index contributed by atoms with van der Waals surface area (Å²) in [6, 6.07) is 18.7. The van der Waals surface area contributed by atoms with Crippen LogP contribution < -0.4 is 5.56 Å². The minimum Gasteiger partial charge on any atom is -0.392 e. The third-order valence-corrected chi connectivity index (χ3v) is 6.24. The fraction of sp³-hybridized carbons (Fsp3) is 0.160. The van der Waals surface area contributed by atoms with Crippen molar-refractivity contribution in [2.24, 2.45) is 0 Å². The molecule has 2 N–H and O–H groups in total. The number of nitriles is 1. The number of benzene rings is 2. The molecule has 2 aromatic carbocycles. The van der Waals surface area contributed by atoms with Gasteiger partial charge in [0.2, 0.25) is 0 Å². The summed E-state index contributed by atoms with van der Waals surface area (Å²) in [5.41, 5.74) is 3.01. The minimum atomic E-state index is -3.43. The van der Waals surface area contributed by atoms with Gasteiger partial charge in [-0.25, -0.2) is 8.42 Å². The van der Waals surface area contributed by atoms with Crippen LogP contribution in [0.25, 0.3) is 10.9 Å². The molecular formula is C25H23N3O5S. The molecule has 0 bridgehead atoms. The van der Waals surface area contributed by atoms with Gasteiger partial charge in [-0.05, 0) is 47.0 Å². The summed E-state index contributed by atoms with van der Waals surface area (Å²) in [4.78, 5) is 16.0. The van der Waals surface area contributed by atoms with E-state index in [0.717, 1.165) is 22.7 Å². The lowest BCUT2D eigenvalue weighted by atomic mass is 10.1. The van der Waals surface area contributed by atoms with Gasteiger partial charge >= 0.3 is 0 Å². The van der Waals surface area contributed by atoms with Crippen LogP contribution in [0.15, 0.2) is 82.7 Å². The summed E-state index contributed by atoms with van der Waals surface area (Å²) in [7, 11) is -3.43. The highest BCUT2D eigenvalue weighted by molar-refractivity contribution is 7.90. The molecule has 8 nitrogen and oxygen atoms in total. The number of nitrogens with zero attached hydrogens (tertiary/aromatic N) is 3. The van der Waals surface area contributed by atoms with Crippen molar-refractivity contribution < 1.29 is 18.6 Å². The lowest BCUT2D eigenvalue weighted by Crippen LogP contribution is -2.19. The molecular weight excluding hydrogens is 454 g/mol. The Labute approximate surface area is 196 Å². The summed E-state index contributed by atoms with van der Waals surface area (Å²) >= 11 is 0. The largest absolute Gasteiger partial charge is 0.392 e. The molecule has 2 heterocycles. The van der Waals surface area contributed by atoms with Crippen molar-refractivity contribution in [2.45, 2.75) is 24.7 Å². The summed E-state index contributed by atoms with van der Waals surface area (Å²) < 4.78 is 25.1. The second-order valence-electron chi connectivity index (χ2n) is 7.52. The van der Waals surface area contributed by atoms with E-state index in [2.05, 4.69) is 11.1 Å². The van der Waals surface area contributed by atoms with Gasteiger partial charge < -0.3 is 14.8 Å². The third-order valence-electron chi connectivity index (χ3n) is 5.06. The molecule has 0 aliphatic heterocycles. The summed E-state index contributed by atoms with van der Waals surface area (Å²) in [6.07, 6.45) is 4.33. The van der Waals surface area contributed by atoms with Crippen molar-refractivity contribution in [1.29, 1.82) is 5.26 Å². The zero-order chi connectivity index (χ0) is 24.7. The van der Waals surface area contributed by atoms with E-state index in [4.69, 9.17) is 15.5 Å². The molecule has 34 heavy (non-hydrogen) atoms. The van der Waals surface area contributed by atoms with Gasteiger partial charge in [-0.15, -0.1) is 0 Å². The summed E-state index contributed by atoms with van der Waals surface area (Å²) in [5, 5.41) is 27.7. The van der Waals surface area contributed by atoms with Crippen LogP contribution in [0.1, 0.15) is 22.3 Å². The van der Waals surface area contributed by atoms with Gasteiger partial charge in [-0.1, -0.05) is 24.3 Å². The third kappa shape index (κ3) is 5.94. The van der Waals surface area contributed by atoms with Crippen LogP contribution in [0.3, 0.4) is 0 Å². The Balaban J connectivity index is 0.000000202. The molecule has 0 unspecified atom stereocenters. The Morgan fingerprint density at radius 3 is 2.35 bits per heavy atom. The van der Waals surface area contributed by atoms with Gasteiger partial charge in [-0.2, -0.15) is 5.26 Å². The standard InChI is InChI=1S/C14H15NO4S.C11H8N2O/c1-20(18,19)13-8-11(10-16)5-6-12(13)9-15-7-3-2-4-14(15)17;12-6-9-3-4-13-11-2-1-8(7-14)5-10(9)11/h2-8,16H,9-10H2,1H3;1-5,14H,7H2. The van der Waals surface area contributed by atoms with Gasteiger partial charge in [0.05, 0.1) is 41.8 Å². The van der Waals surface area contributed by atoms with Crippen molar-refractivity contribution in [3.05, 3.63) is 106 Å². The van der Waals surface area contributed by atoms with Crippen molar-refractivity contribution in [3.63, 3.8) is 0 Å². The fourth-order valence-electron chi connectivity index (χ4n) is 3.34. The average Bonchev–Trinajstić information content (AvgIpc) is 2.84. The zero-order valence-electron chi connectivity index (χ0n) is 18.4. The maximum Gasteiger partial charge on any atom is 0.250 e. The molecule has 0 atom stereocenters. The number of rotatable bonds is 5. The predicted molar refractivity (Wildman–Crippen MR) is 128 cm³/mol. The van der Waals surface area contributed by atoms with Gasteiger partial charge in [0.1, 0.15) is 0 Å². The number of pyridine rings is 2. The molecule has 4 rings (SSSR count). The minimum absolute atomic E-state index is 0.0182. The topological polar surface area (TPSA) is 133 Å². The van der Waals surface area contributed by atoms with E-state index in [1.54, 1.807) is 54.9 Å². The van der Waals surface area contributed by atoms with E-state index in [-0.39, 0.29) is 30.2 Å². The Bertz CT molecular complexity index is 1520. The highest BCUT2D eigenvalue weighted by atomic mass is 32.2. The van der Waals surface area contributed by atoms with Gasteiger partial charge in [0, 0.05) is 30.1 Å².